The largest absolute Gasteiger partial charge is 0.303 e. The summed E-state index contributed by atoms with van der Waals surface area (Å²) in [5.74, 6) is -0.358. The molecule has 2 rings (SSSR count). The van der Waals surface area contributed by atoms with E-state index in [0.29, 0.717) is 0 Å². The summed E-state index contributed by atoms with van der Waals surface area (Å²) in [6.07, 6.45) is 0.922. The fourth-order valence-corrected chi connectivity index (χ4v) is 2.20. The number of nitro groups is 1. The van der Waals surface area contributed by atoms with Gasteiger partial charge in [-0.25, -0.2) is 0 Å². The molecule has 92 valence electrons. The number of aldehydes is 1. The van der Waals surface area contributed by atoms with Crippen molar-refractivity contribution in [3.8, 4) is 0 Å². The van der Waals surface area contributed by atoms with Gasteiger partial charge in [-0.3, -0.25) is 10.1 Å². The van der Waals surface area contributed by atoms with Gasteiger partial charge in [0.05, 0.1) is 5.92 Å². The van der Waals surface area contributed by atoms with Crippen LogP contribution in [0.1, 0.15) is 17.9 Å². The van der Waals surface area contributed by atoms with Crippen LogP contribution in [0.25, 0.3) is 10.8 Å². The number of rotatable bonds is 5. The van der Waals surface area contributed by atoms with E-state index in [9.17, 15) is 14.9 Å². The summed E-state index contributed by atoms with van der Waals surface area (Å²) in [5.41, 5.74) is 0.872. The van der Waals surface area contributed by atoms with Gasteiger partial charge in [0.2, 0.25) is 6.54 Å². The summed E-state index contributed by atoms with van der Waals surface area (Å²) >= 11 is 0. The van der Waals surface area contributed by atoms with Crippen LogP contribution in [0.15, 0.2) is 42.5 Å². The number of hydrogen-bond donors (Lipinski definition) is 0. The van der Waals surface area contributed by atoms with Crippen LogP contribution in [0.3, 0.4) is 0 Å². The predicted molar refractivity (Wildman–Crippen MR) is 69.2 cm³/mol. The Morgan fingerprint density at radius 1 is 1.17 bits per heavy atom. The number of carbonyl (C=O) groups is 1. The third kappa shape index (κ3) is 2.53. The van der Waals surface area contributed by atoms with Gasteiger partial charge in [-0.15, -0.1) is 0 Å². The van der Waals surface area contributed by atoms with E-state index in [1.807, 2.05) is 42.5 Å². The van der Waals surface area contributed by atoms with Crippen LogP contribution in [0, 0.1) is 10.1 Å². The Balaban J connectivity index is 2.49. The summed E-state index contributed by atoms with van der Waals surface area (Å²) in [7, 11) is 0. The highest BCUT2D eigenvalue weighted by molar-refractivity contribution is 5.86. The molecule has 0 saturated carbocycles. The first-order valence-corrected chi connectivity index (χ1v) is 5.75. The molecule has 2 aromatic carbocycles. The minimum absolute atomic E-state index is 0.176. The molecule has 1 unspecified atom stereocenters. The van der Waals surface area contributed by atoms with Gasteiger partial charge >= 0.3 is 0 Å². The molecule has 18 heavy (non-hydrogen) atoms. The van der Waals surface area contributed by atoms with Crippen molar-refractivity contribution in [2.24, 2.45) is 0 Å². The molecule has 0 amide bonds. The van der Waals surface area contributed by atoms with Crippen molar-refractivity contribution in [1.82, 2.24) is 0 Å². The Kier molecular flexibility index (Phi) is 3.67. The molecule has 0 aliphatic heterocycles. The molecule has 4 nitrogen and oxygen atoms in total. The minimum Gasteiger partial charge on any atom is -0.303 e. The minimum atomic E-state index is -0.365. The number of benzene rings is 2. The highest BCUT2D eigenvalue weighted by Gasteiger charge is 2.19. The van der Waals surface area contributed by atoms with Crippen LogP contribution in [-0.2, 0) is 4.79 Å². The zero-order valence-corrected chi connectivity index (χ0v) is 9.78. The Bertz CT molecular complexity index is 575. The Morgan fingerprint density at radius 2 is 1.89 bits per heavy atom. The van der Waals surface area contributed by atoms with Crippen LogP contribution in [0.5, 0.6) is 0 Å². The predicted octanol–water partition coefficient (Wildman–Crippen LogP) is 2.79. The third-order valence-corrected chi connectivity index (χ3v) is 3.01. The highest BCUT2D eigenvalue weighted by atomic mass is 16.6. The maximum absolute atomic E-state index is 10.7. The molecule has 0 aliphatic rings. The number of carbonyl (C=O) groups excluding carboxylic acids is 1. The van der Waals surface area contributed by atoms with E-state index in [4.69, 9.17) is 0 Å². The van der Waals surface area contributed by atoms with E-state index in [1.165, 1.54) is 0 Å². The lowest BCUT2D eigenvalue weighted by Crippen LogP contribution is -2.13. The van der Waals surface area contributed by atoms with Gasteiger partial charge in [-0.1, -0.05) is 42.5 Å². The van der Waals surface area contributed by atoms with Crippen LogP contribution < -0.4 is 0 Å². The fourth-order valence-electron chi connectivity index (χ4n) is 2.20. The smallest absolute Gasteiger partial charge is 0.211 e. The first-order chi connectivity index (χ1) is 8.72. The fraction of sp³-hybridized carbons (Fsp3) is 0.214. The van der Waals surface area contributed by atoms with Crippen molar-refractivity contribution in [3.05, 3.63) is 58.1 Å². The molecular weight excluding hydrogens is 230 g/mol. The van der Waals surface area contributed by atoms with Gasteiger partial charge in [0.25, 0.3) is 0 Å². The first kappa shape index (κ1) is 12.2. The van der Waals surface area contributed by atoms with Crippen LogP contribution in [0.2, 0.25) is 0 Å². The first-order valence-electron chi connectivity index (χ1n) is 5.75. The van der Waals surface area contributed by atoms with Crippen LogP contribution >= 0.6 is 0 Å². The zero-order chi connectivity index (χ0) is 13.0. The molecule has 0 radical (unpaired) electrons. The van der Waals surface area contributed by atoms with Gasteiger partial charge in [-0.05, 0) is 16.3 Å². The van der Waals surface area contributed by atoms with Crippen molar-refractivity contribution >= 4 is 17.1 Å². The molecule has 0 spiro atoms. The summed E-state index contributed by atoms with van der Waals surface area (Å²) in [4.78, 5) is 21.0. The second-order valence-corrected chi connectivity index (χ2v) is 4.18. The van der Waals surface area contributed by atoms with Crippen molar-refractivity contribution < 1.29 is 9.72 Å². The van der Waals surface area contributed by atoms with Gasteiger partial charge < -0.3 is 4.79 Å². The van der Waals surface area contributed by atoms with E-state index in [1.54, 1.807) is 0 Å². The van der Waals surface area contributed by atoms with Gasteiger partial charge in [-0.2, -0.15) is 0 Å². The Labute approximate surface area is 104 Å². The molecule has 0 fully saturated rings. The molecular formula is C14H13NO3. The highest BCUT2D eigenvalue weighted by Crippen LogP contribution is 2.27. The van der Waals surface area contributed by atoms with Crippen LogP contribution in [-0.4, -0.2) is 17.8 Å². The molecule has 0 N–H and O–H groups in total. The van der Waals surface area contributed by atoms with Gasteiger partial charge in [0.1, 0.15) is 6.29 Å². The molecule has 1 atom stereocenters. The van der Waals surface area contributed by atoms with Crippen molar-refractivity contribution in [3.63, 3.8) is 0 Å². The van der Waals surface area contributed by atoms with E-state index in [0.717, 1.165) is 22.6 Å². The molecule has 2 aromatic rings. The molecule has 4 heteroatoms. The molecule has 0 saturated heterocycles. The summed E-state index contributed by atoms with van der Waals surface area (Å²) < 4.78 is 0. The van der Waals surface area contributed by atoms with E-state index in [-0.39, 0.29) is 23.8 Å². The maximum atomic E-state index is 10.7. The summed E-state index contributed by atoms with van der Waals surface area (Å²) in [6, 6.07) is 13.4. The van der Waals surface area contributed by atoms with Gasteiger partial charge in [0, 0.05) is 11.3 Å². The lowest BCUT2D eigenvalue weighted by atomic mass is 9.91. The topological polar surface area (TPSA) is 60.2 Å². The zero-order valence-electron chi connectivity index (χ0n) is 9.78. The second-order valence-electron chi connectivity index (χ2n) is 4.18. The average Bonchev–Trinajstić information content (AvgIpc) is 2.37. The lowest BCUT2D eigenvalue weighted by molar-refractivity contribution is -0.483. The van der Waals surface area contributed by atoms with Crippen molar-refractivity contribution in [2.45, 2.75) is 12.3 Å². The third-order valence-electron chi connectivity index (χ3n) is 3.01. The van der Waals surface area contributed by atoms with Crippen LogP contribution in [0.4, 0.5) is 0 Å². The molecule has 0 bridgehead atoms. The molecule has 0 heterocycles. The van der Waals surface area contributed by atoms with E-state index in [2.05, 4.69) is 0 Å². The molecule has 0 aliphatic carbocycles. The Morgan fingerprint density at radius 3 is 2.61 bits per heavy atom. The quantitative estimate of drug-likeness (QED) is 0.461. The Hall–Kier alpha value is -2.23. The van der Waals surface area contributed by atoms with Crippen molar-refractivity contribution in [1.29, 1.82) is 0 Å². The molecule has 0 aromatic heterocycles. The summed E-state index contributed by atoms with van der Waals surface area (Å²) in [6.45, 7) is -0.216. The van der Waals surface area contributed by atoms with Crippen molar-refractivity contribution in [2.75, 3.05) is 6.54 Å². The van der Waals surface area contributed by atoms with E-state index >= 15 is 0 Å². The standard InChI is InChI=1S/C14H13NO3/c16-9-8-12(10-15(17)18)14-7-3-5-11-4-1-2-6-13(11)14/h1-7,9,12H,8,10H2. The second kappa shape index (κ2) is 5.40. The maximum Gasteiger partial charge on any atom is 0.211 e. The lowest BCUT2D eigenvalue weighted by Gasteiger charge is -2.13. The number of fused-ring (bicyclic) bond motifs is 1. The SMILES string of the molecule is O=CCC(C[N+](=O)[O-])c1cccc2ccccc12. The van der Waals surface area contributed by atoms with Gasteiger partial charge in [0.15, 0.2) is 0 Å². The number of hydrogen-bond acceptors (Lipinski definition) is 3. The normalized spacial score (nSPS) is 12.2. The average molecular weight is 243 g/mol. The summed E-state index contributed by atoms with van der Waals surface area (Å²) in [5, 5.41) is 12.7. The number of nitrogens with zero attached hydrogens (tertiary/aromatic N) is 1. The van der Waals surface area contributed by atoms with E-state index < -0.39 is 0 Å². The monoisotopic (exact) mass is 243 g/mol.